The normalized spacial score (nSPS) is 11.7. The zero-order valence-corrected chi connectivity index (χ0v) is 12.8. The summed E-state index contributed by atoms with van der Waals surface area (Å²) in [5.41, 5.74) is -0.160. The van der Waals surface area contributed by atoms with Gasteiger partial charge in [-0.05, 0) is 0 Å². The minimum atomic E-state index is -0.414. The molecule has 22 heavy (non-hydrogen) atoms. The highest BCUT2D eigenvalue weighted by Gasteiger charge is 2.16. The first kappa shape index (κ1) is 14.2. The predicted octanol–water partition coefficient (Wildman–Crippen LogP) is -0.0116. The van der Waals surface area contributed by atoms with Crippen LogP contribution < -0.4 is 11.2 Å². The van der Waals surface area contributed by atoms with E-state index in [1.807, 2.05) is 13.8 Å². The Bertz CT molecular complexity index is 958. The first-order valence-electron chi connectivity index (χ1n) is 6.83. The van der Waals surface area contributed by atoms with Crippen molar-refractivity contribution in [3.8, 4) is 0 Å². The van der Waals surface area contributed by atoms with Gasteiger partial charge < -0.3 is 8.98 Å². The lowest BCUT2D eigenvalue weighted by Crippen LogP contribution is -2.37. The molecule has 116 valence electrons. The lowest BCUT2D eigenvalue weighted by molar-refractivity contribution is 0.424. The van der Waals surface area contributed by atoms with Crippen LogP contribution in [0, 0.1) is 0 Å². The standard InChI is InChI=1S/C13H16N6O3/c1-7(2)11-16-15-8(22-11)5-19-6-14-10-9(19)12(20)18(4)13(21)17(10)3/h6-7H,5H2,1-4H3. The van der Waals surface area contributed by atoms with E-state index in [1.165, 1.54) is 17.9 Å². The van der Waals surface area contributed by atoms with Gasteiger partial charge in [0.25, 0.3) is 5.56 Å². The molecule has 0 radical (unpaired) electrons. The lowest BCUT2D eigenvalue weighted by atomic mass is 10.2. The Morgan fingerprint density at radius 2 is 1.91 bits per heavy atom. The summed E-state index contributed by atoms with van der Waals surface area (Å²) in [6, 6.07) is 0. The van der Waals surface area contributed by atoms with Gasteiger partial charge in [-0.3, -0.25) is 13.9 Å². The maximum absolute atomic E-state index is 12.3. The second-order valence-electron chi connectivity index (χ2n) is 5.44. The van der Waals surface area contributed by atoms with Gasteiger partial charge in [0.15, 0.2) is 11.2 Å². The van der Waals surface area contributed by atoms with E-state index in [0.29, 0.717) is 22.9 Å². The molecule has 0 saturated heterocycles. The van der Waals surface area contributed by atoms with Crippen LogP contribution >= 0.6 is 0 Å². The highest BCUT2D eigenvalue weighted by Crippen LogP contribution is 2.14. The molecule has 3 aromatic rings. The summed E-state index contributed by atoms with van der Waals surface area (Å²) in [5.74, 6) is 1.06. The fourth-order valence-corrected chi connectivity index (χ4v) is 2.23. The zero-order chi connectivity index (χ0) is 16.0. The van der Waals surface area contributed by atoms with Crippen molar-refractivity contribution in [2.24, 2.45) is 14.1 Å². The van der Waals surface area contributed by atoms with Crippen molar-refractivity contribution >= 4 is 11.2 Å². The van der Waals surface area contributed by atoms with Gasteiger partial charge in [-0.1, -0.05) is 13.8 Å². The number of hydrogen-bond acceptors (Lipinski definition) is 6. The molecule has 0 unspecified atom stereocenters. The third-order valence-electron chi connectivity index (χ3n) is 3.50. The lowest BCUT2D eigenvalue weighted by Gasteiger charge is -2.04. The van der Waals surface area contributed by atoms with Gasteiger partial charge in [-0.15, -0.1) is 10.2 Å². The molecule has 0 amide bonds. The molecule has 9 nitrogen and oxygen atoms in total. The fraction of sp³-hybridized carbons (Fsp3) is 0.462. The predicted molar refractivity (Wildman–Crippen MR) is 77.7 cm³/mol. The maximum Gasteiger partial charge on any atom is 0.332 e. The van der Waals surface area contributed by atoms with Crippen molar-refractivity contribution in [3.63, 3.8) is 0 Å². The van der Waals surface area contributed by atoms with Crippen LogP contribution in [0.25, 0.3) is 11.2 Å². The maximum atomic E-state index is 12.3. The average molecular weight is 304 g/mol. The SMILES string of the molecule is CC(C)c1nnc(Cn2cnc3c2c(=O)n(C)c(=O)n3C)o1. The minimum absolute atomic E-state index is 0.134. The molecule has 0 N–H and O–H groups in total. The van der Waals surface area contributed by atoms with Gasteiger partial charge in [-0.2, -0.15) is 0 Å². The van der Waals surface area contributed by atoms with E-state index in [1.54, 1.807) is 11.6 Å². The van der Waals surface area contributed by atoms with Crippen molar-refractivity contribution in [2.75, 3.05) is 0 Å². The van der Waals surface area contributed by atoms with E-state index in [0.717, 1.165) is 4.57 Å². The van der Waals surface area contributed by atoms with Gasteiger partial charge in [0.2, 0.25) is 11.8 Å². The third kappa shape index (κ3) is 2.05. The van der Waals surface area contributed by atoms with E-state index < -0.39 is 11.2 Å². The molecule has 0 bridgehead atoms. The van der Waals surface area contributed by atoms with Crippen molar-refractivity contribution in [2.45, 2.75) is 26.3 Å². The Morgan fingerprint density at radius 3 is 2.55 bits per heavy atom. The van der Waals surface area contributed by atoms with Gasteiger partial charge in [0.05, 0.1) is 6.33 Å². The molecule has 0 saturated carbocycles. The molecule has 0 aliphatic heterocycles. The summed E-state index contributed by atoms with van der Waals surface area (Å²) in [6.45, 7) is 4.13. The molecule has 0 spiro atoms. The average Bonchev–Trinajstić information content (AvgIpc) is 3.10. The van der Waals surface area contributed by atoms with Crippen LogP contribution in [-0.4, -0.2) is 28.9 Å². The smallest absolute Gasteiger partial charge is 0.332 e. The molecule has 3 rings (SSSR count). The molecule has 0 atom stereocenters. The molecule has 0 aliphatic carbocycles. The molecular weight excluding hydrogens is 288 g/mol. The van der Waals surface area contributed by atoms with E-state index in [9.17, 15) is 9.59 Å². The van der Waals surface area contributed by atoms with Crippen LogP contribution in [0.2, 0.25) is 0 Å². The van der Waals surface area contributed by atoms with E-state index in [-0.39, 0.29) is 12.5 Å². The van der Waals surface area contributed by atoms with Gasteiger partial charge in [-0.25, -0.2) is 9.78 Å². The Hall–Kier alpha value is -2.71. The summed E-state index contributed by atoms with van der Waals surface area (Å²) in [6.07, 6.45) is 1.49. The molecule has 0 fully saturated rings. The van der Waals surface area contributed by atoms with Gasteiger partial charge in [0, 0.05) is 20.0 Å². The first-order valence-corrected chi connectivity index (χ1v) is 6.83. The van der Waals surface area contributed by atoms with E-state index in [2.05, 4.69) is 15.2 Å². The topological polar surface area (TPSA) is 101 Å². The largest absolute Gasteiger partial charge is 0.423 e. The number of rotatable bonds is 3. The quantitative estimate of drug-likeness (QED) is 0.674. The molecule has 9 heteroatoms. The first-order chi connectivity index (χ1) is 10.4. The highest BCUT2D eigenvalue weighted by molar-refractivity contribution is 5.70. The van der Waals surface area contributed by atoms with Gasteiger partial charge >= 0.3 is 5.69 Å². The molecule has 3 heterocycles. The number of fused-ring (bicyclic) bond motifs is 1. The Labute approximate surface area is 124 Å². The number of imidazole rings is 1. The fourth-order valence-electron chi connectivity index (χ4n) is 2.23. The van der Waals surface area contributed by atoms with Gasteiger partial charge in [0.1, 0.15) is 6.54 Å². The number of nitrogens with zero attached hydrogens (tertiary/aromatic N) is 6. The highest BCUT2D eigenvalue weighted by atomic mass is 16.4. The number of hydrogen-bond donors (Lipinski definition) is 0. The molecule has 0 aliphatic rings. The van der Waals surface area contributed by atoms with Crippen LogP contribution in [0.15, 0.2) is 20.3 Å². The summed E-state index contributed by atoms with van der Waals surface area (Å²) < 4.78 is 9.53. The van der Waals surface area contributed by atoms with E-state index in [4.69, 9.17) is 4.42 Å². The van der Waals surface area contributed by atoms with Crippen LogP contribution in [0.5, 0.6) is 0 Å². The zero-order valence-electron chi connectivity index (χ0n) is 12.8. The van der Waals surface area contributed by atoms with Crippen LogP contribution in [0.3, 0.4) is 0 Å². The molecule has 3 aromatic heterocycles. The second kappa shape index (κ2) is 4.93. The summed E-state index contributed by atoms with van der Waals surface area (Å²) in [5, 5.41) is 7.93. The molecular formula is C13H16N6O3. The van der Waals surface area contributed by atoms with Crippen molar-refractivity contribution < 1.29 is 4.42 Å². The van der Waals surface area contributed by atoms with Crippen LogP contribution in [-0.2, 0) is 20.6 Å². The Balaban J connectivity index is 2.12. The number of aromatic nitrogens is 6. The summed E-state index contributed by atoms with van der Waals surface area (Å²) >= 11 is 0. The van der Waals surface area contributed by atoms with Crippen molar-refractivity contribution in [3.05, 3.63) is 38.9 Å². The monoisotopic (exact) mass is 304 g/mol. The number of aryl methyl sites for hydroxylation is 1. The summed E-state index contributed by atoms with van der Waals surface area (Å²) in [4.78, 5) is 28.3. The minimum Gasteiger partial charge on any atom is -0.423 e. The van der Waals surface area contributed by atoms with E-state index >= 15 is 0 Å². The Morgan fingerprint density at radius 1 is 1.18 bits per heavy atom. The van der Waals surface area contributed by atoms with Crippen LogP contribution in [0.4, 0.5) is 0 Å². The van der Waals surface area contributed by atoms with Crippen molar-refractivity contribution in [1.29, 1.82) is 0 Å². The second-order valence-corrected chi connectivity index (χ2v) is 5.44. The van der Waals surface area contributed by atoms with Crippen LogP contribution in [0.1, 0.15) is 31.5 Å². The Kier molecular flexibility index (Phi) is 3.19. The third-order valence-corrected chi connectivity index (χ3v) is 3.50. The summed E-state index contributed by atoms with van der Waals surface area (Å²) in [7, 11) is 3.01. The molecule has 0 aromatic carbocycles. The van der Waals surface area contributed by atoms with Crippen molar-refractivity contribution in [1.82, 2.24) is 28.9 Å².